The minimum Gasteiger partial charge on any atom is -0.352 e. The number of hydrogen-bond donors (Lipinski definition) is 1. The lowest BCUT2D eigenvalue weighted by Crippen LogP contribution is -2.24. The van der Waals surface area contributed by atoms with Gasteiger partial charge in [-0.2, -0.15) is 0 Å². The molecule has 1 amide bonds. The van der Waals surface area contributed by atoms with Gasteiger partial charge in [0.1, 0.15) is 0 Å². The number of carbonyl (C=O) groups excluding carboxylic acids is 1. The maximum absolute atomic E-state index is 12.4. The Labute approximate surface area is 158 Å². The molecule has 1 aliphatic rings. The molecular formula is C21H21Cl2NO. The van der Waals surface area contributed by atoms with E-state index in [9.17, 15) is 4.79 Å². The number of amides is 1. The monoisotopic (exact) mass is 373 g/mol. The van der Waals surface area contributed by atoms with E-state index in [0.717, 1.165) is 59.2 Å². The van der Waals surface area contributed by atoms with Crippen LogP contribution in [0.1, 0.15) is 37.3 Å². The molecular weight excluding hydrogens is 353 g/mol. The summed E-state index contributed by atoms with van der Waals surface area (Å²) >= 11 is 12.4. The molecule has 0 radical (unpaired) electrons. The minimum absolute atomic E-state index is 0.0439. The number of allylic oxidation sites excluding steroid dienone is 1. The second-order valence-electron chi connectivity index (χ2n) is 6.45. The number of benzene rings is 2. The number of carbonyl (C=O) groups is 1. The van der Waals surface area contributed by atoms with Crippen LogP contribution in [-0.2, 0) is 4.79 Å². The molecule has 0 bridgehead atoms. The fourth-order valence-electron chi connectivity index (χ4n) is 3.37. The lowest BCUT2D eigenvalue weighted by atomic mass is 9.90. The minimum atomic E-state index is 0.0439. The van der Waals surface area contributed by atoms with Crippen molar-refractivity contribution in [3.63, 3.8) is 0 Å². The summed E-state index contributed by atoms with van der Waals surface area (Å²) in [5, 5.41) is 4.36. The predicted molar refractivity (Wildman–Crippen MR) is 106 cm³/mol. The summed E-state index contributed by atoms with van der Waals surface area (Å²) in [7, 11) is 0. The van der Waals surface area contributed by atoms with E-state index in [-0.39, 0.29) is 5.91 Å². The van der Waals surface area contributed by atoms with Gasteiger partial charge >= 0.3 is 0 Å². The van der Waals surface area contributed by atoms with Crippen LogP contribution in [0.3, 0.4) is 0 Å². The lowest BCUT2D eigenvalue weighted by molar-refractivity contribution is -0.117. The largest absolute Gasteiger partial charge is 0.352 e. The lowest BCUT2D eigenvalue weighted by Gasteiger charge is -2.16. The molecule has 25 heavy (non-hydrogen) atoms. The third-order valence-corrected chi connectivity index (χ3v) is 5.27. The SMILES string of the molecule is C/C(=C1/CCCCNC1=O)c1cc(Cl)cc(-c2ccc(Cl)cc2)c1C. The number of rotatable bonds is 2. The highest BCUT2D eigenvalue weighted by Crippen LogP contribution is 2.35. The maximum atomic E-state index is 12.4. The van der Waals surface area contributed by atoms with E-state index in [1.54, 1.807) is 0 Å². The summed E-state index contributed by atoms with van der Waals surface area (Å²) < 4.78 is 0. The molecule has 130 valence electrons. The summed E-state index contributed by atoms with van der Waals surface area (Å²) in [6.07, 6.45) is 2.85. The average molecular weight is 374 g/mol. The van der Waals surface area contributed by atoms with Crippen LogP contribution in [0.2, 0.25) is 10.0 Å². The van der Waals surface area contributed by atoms with Gasteiger partial charge in [-0.15, -0.1) is 0 Å². The van der Waals surface area contributed by atoms with Gasteiger partial charge in [0, 0.05) is 22.2 Å². The van der Waals surface area contributed by atoms with Crippen molar-refractivity contribution in [2.45, 2.75) is 33.1 Å². The van der Waals surface area contributed by atoms with Crippen LogP contribution in [0, 0.1) is 6.92 Å². The third-order valence-electron chi connectivity index (χ3n) is 4.80. The molecule has 4 heteroatoms. The van der Waals surface area contributed by atoms with Gasteiger partial charge in [0.05, 0.1) is 0 Å². The second-order valence-corrected chi connectivity index (χ2v) is 7.32. The molecule has 0 aliphatic carbocycles. The van der Waals surface area contributed by atoms with Crippen molar-refractivity contribution in [2.75, 3.05) is 6.54 Å². The van der Waals surface area contributed by atoms with E-state index in [1.165, 1.54) is 0 Å². The van der Waals surface area contributed by atoms with Crippen molar-refractivity contribution in [3.05, 3.63) is 63.1 Å². The first kappa shape index (κ1) is 18.0. The molecule has 1 N–H and O–H groups in total. The summed E-state index contributed by atoms with van der Waals surface area (Å²) in [5.41, 5.74) is 6.15. The van der Waals surface area contributed by atoms with Gasteiger partial charge in [0.25, 0.3) is 0 Å². The Hall–Kier alpha value is -1.77. The first-order valence-corrected chi connectivity index (χ1v) is 9.27. The number of halogens is 2. The number of nitrogens with one attached hydrogen (secondary N) is 1. The summed E-state index contributed by atoms with van der Waals surface area (Å²) in [4.78, 5) is 12.4. The molecule has 0 spiro atoms. The molecule has 2 nitrogen and oxygen atoms in total. The molecule has 1 aliphatic heterocycles. The van der Waals surface area contributed by atoms with Crippen LogP contribution in [-0.4, -0.2) is 12.5 Å². The second kappa shape index (κ2) is 7.63. The van der Waals surface area contributed by atoms with E-state index in [4.69, 9.17) is 23.2 Å². The van der Waals surface area contributed by atoms with Crippen LogP contribution in [0.15, 0.2) is 42.0 Å². The Morgan fingerprint density at radius 2 is 1.76 bits per heavy atom. The smallest absolute Gasteiger partial charge is 0.247 e. The van der Waals surface area contributed by atoms with Crippen LogP contribution >= 0.6 is 23.2 Å². The fourth-order valence-corrected chi connectivity index (χ4v) is 3.71. The van der Waals surface area contributed by atoms with E-state index >= 15 is 0 Å². The van der Waals surface area contributed by atoms with Crippen LogP contribution in [0.4, 0.5) is 0 Å². The Morgan fingerprint density at radius 3 is 2.48 bits per heavy atom. The average Bonchev–Trinajstić information content (AvgIpc) is 2.81. The maximum Gasteiger partial charge on any atom is 0.247 e. The molecule has 2 aromatic carbocycles. The topological polar surface area (TPSA) is 29.1 Å². The Morgan fingerprint density at radius 1 is 1.04 bits per heavy atom. The molecule has 1 saturated heterocycles. The van der Waals surface area contributed by atoms with Gasteiger partial charge in [-0.05, 0) is 85.2 Å². The zero-order valence-corrected chi connectivity index (χ0v) is 16.0. The van der Waals surface area contributed by atoms with Gasteiger partial charge in [-0.3, -0.25) is 4.79 Å². The highest BCUT2D eigenvalue weighted by molar-refractivity contribution is 6.31. The Balaban J connectivity index is 2.13. The normalized spacial score (nSPS) is 17.0. The van der Waals surface area contributed by atoms with Crippen LogP contribution in [0.5, 0.6) is 0 Å². The van der Waals surface area contributed by atoms with Crippen molar-refractivity contribution in [2.24, 2.45) is 0 Å². The van der Waals surface area contributed by atoms with E-state index in [1.807, 2.05) is 43.3 Å². The summed E-state index contributed by atoms with van der Waals surface area (Å²) in [6, 6.07) is 11.7. The predicted octanol–water partition coefficient (Wildman–Crippen LogP) is 6.04. The van der Waals surface area contributed by atoms with E-state index in [2.05, 4.69) is 12.2 Å². The van der Waals surface area contributed by atoms with Crippen LogP contribution < -0.4 is 5.32 Å². The summed E-state index contributed by atoms with van der Waals surface area (Å²) in [5.74, 6) is 0.0439. The molecule has 3 rings (SSSR count). The van der Waals surface area contributed by atoms with Crippen molar-refractivity contribution in [1.29, 1.82) is 0 Å². The zero-order valence-electron chi connectivity index (χ0n) is 14.5. The quantitative estimate of drug-likeness (QED) is 0.638. The highest BCUT2D eigenvalue weighted by atomic mass is 35.5. The molecule has 0 saturated carbocycles. The molecule has 2 aromatic rings. The van der Waals surface area contributed by atoms with Crippen LogP contribution in [0.25, 0.3) is 16.7 Å². The molecule has 0 atom stereocenters. The first-order chi connectivity index (χ1) is 12.0. The molecule has 0 unspecified atom stereocenters. The highest BCUT2D eigenvalue weighted by Gasteiger charge is 2.19. The zero-order chi connectivity index (χ0) is 18.0. The van der Waals surface area contributed by atoms with Gasteiger partial charge in [0.2, 0.25) is 5.91 Å². The van der Waals surface area contributed by atoms with Gasteiger partial charge < -0.3 is 5.32 Å². The first-order valence-electron chi connectivity index (χ1n) is 8.52. The van der Waals surface area contributed by atoms with E-state index in [0.29, 0.717) is 10.0 Å². The van der Waals surface area contributed by atoms with Crippen molar-refractivity contribution in [1.82, 2.24) is 5.32 Å². The summed E-state index contributed by atoms with van der Waals surface area (Å²) in [6.45, 7) is 4.85. The van der Waals surface area contributed by atoms with Gasteiger partial charge in [-0.25, -0.2) is 0 Å². The van der Waals surface area contributed by atoms with Crippen molar-refractivity contribution >= 4 is 34.7 Å². The molecule has 0 aromatic heterocycles. The van der Waals surface area contributed by atoms with Crippen molar-refractivity contribution in [3.8, 4) is 11.1 Å². The Kier molecular flexibility index (Phi) is 5.51. The van der Waals surface area contributed by atoms with E-state index < -0.39 is 0 Å². The van der Waals surface area contributed by atoms with Gasteiger partial charge in [0.15, 0.2) is 0 Å². The standard InChI is InChI=1S/C21H21Cl2NO/c1-13(18-5-3-4-10-24-21(18)25)19-11-17(23)12-20(14(19)2)15-6-8-16(22)9-7-15/h6-9,11-12H,3-5,10H2,1-2H3,(H,24,25)/b18-13+. The van der Waals surface area contributed by atoms with Crippen molar-refractivity contribution < 1.29 is 4.79 Å². The molecule has 1 heterocycles. The third kappa shape index (κ3) is 3.91. The van der Waals surface area contributed by atoms with Gasteiger partial charge in [-0.1, -0.05) is 35.3 Å². The Bertz CT molecular complexity index is 838. The molecule has 1 fully saturated rings. The number of hydrogen-bond acceptors (Lipinski definition) is 1. The fraction of sp³-hybridized carbons (Fsp3) is 0.286.